The standard InChI is InChI=1S/C18H14Cl2N4O5S/c1-9-15(11-4-3-10(19)7-12(11)20)16(18(26)29-2)17(30-9)21-14(25)8-23-6-5-13(22-23)24(27)28/h3-7H,8H2,1-2H3,(H,21,25). The van der Waals surface area contributed by atoms with Gasteiger partial charge in [-0.25, -0.2) is 4.79 Å². The lowest BCUT2D eigenvalue weighted by atomic mass is 10.0. The number of nitrogens with one attached hydrogen (secondary N) is 1. The third-order valence-corrected chi connectivity index (χ3v) is 5.61. The predicted molar refractivity (Wildman–Crippen MR) is 113 cm³/mol. The largest absolute Gasteiger partial charge is 0.465 e. The molecule has 0 radical (unpaired) electrons. The number of thiophene rings is 1. The Morgan fingerprint density at radius 3 is 2.67 bits per heavy atom. The van der Waals surface area contributed by atoms with E-state index in [0.717, 1.165) is 9.56 Å². The molecule has 0 saturated heterocycles. The predicted octanol–water partition coefficient (Wildman–Crippen LogP) is 4.56. The van der Waals surface area contributed by atoms with E-state index in [1.54, 1.807) is 25.1 Å². The molecule has 156 valence electrons. The first-order valence-electron chi connectivity index (χ1n) is 8.36. The van der Waals surface area contributed by atoms with E-state index in [9.17, 15) is 19.7 Å². The number of benzene rings is 1. The Hall–Kier alpha value is -2.95. The Balaban J connectivity index is 1.95. The van der Waals surface area contributed by atoms with Gasteiger partial charge in [0, 0.05) is 26.0 Å². The number of amides is 1. The first kappa shape index (κ1) is 21.8. The highest BCUT2D eigenvalue weighted by Crippen LogP contribution is 2.43. The summed E-state index contributed by atoms with van der Waals surface area (Å²) >= 11 is 13.5. The number of hydrogen-bond donors (Lipinski definition) is 1. The first-order valence-corrected chi connectivity index (χ1v) is 9.93. The number of rotatable bonds is 6. The van der Waals surface area contributed by atoms with Crippen molar-refractivity contribution in [3.8, 4) is 11.1 Å². The highest BCUT2D eigenvalue weighted by molar-refractivity contribution is 7.17. The number of nitro groups is 1. The molecule has 12 heteroatoms. The molecule has 1 aromatic carbocycles. The van der Waals surface area contributed by atoms with E-state index in [4.69, 9.17) is 27.9 Å². The lowest BCUT2D eigenvalue weighted by Gasteiger charge is -2.09. The summed E-state index contributed by atoms with van der Waals surface area (Å²) in [4.78, 5) is 35.8. The fraction of sp³-hybridized carbons (Fsp3) is 0.167. The van der Waals surface area contributed by atoms with Crippen molar-refractivity contribution in [2.24, 2.45) is 0 Å². The topological polar surface area (TPSA) is 116 Å². The zero-order chi connectivity index (χ0) is 22.0. The molecule has 30 heavy (non-hydrogen) atoms. The van der Waals surface area contributed by atoms with Crippen LogP contribution in [0.5, 0.6) is 0 Å². The molecule has 0 atom stereocenters. The van der Waals surface area contributed by atoms with Crippen molar-refractivity contribution in [1.29, 1.82) is 0 Å². The zero-order valence-electron chi connectivity index (χ0n) is 15.6. The van der Waals surface area contributed by atoms with Gasteiger partial charge in [0.25, 0.3) is 0 Å². The molecule has 2 heterocycles. The third kappa shape index (κ3) is 4.45. The van der Waals surface area contributed by atoms with Crippen molar-refractivity contribution in [2.45, 2.75) is 13.5 Å². The molecule has 0 bridgehead atoms. The highest BCUT2D eigenvalue weighted by atomic mass is 35.5. The molecular formula is C18H14Cl2N4O5S. The van der Waals surface area contributed by atoms with Crippen molar-refractivity contribution < 1.29 is 19.2 Å². The van der Waals surface area contributed by atoms with Crippen LogP contribution in [-0.4, -0.2) is 33.7 Å². The normalized spacial score (nSPS) is 10.7. The Morgan fingerprint density at radius 2 is 2.07 bits per heavy atom. The number of anilines is 1. The Kier molecular flexibility index (Phi) is 6.40. The number of nitrogens with zero attached hydrogens (tertiary/aromatic N) is 3. The summed E-state index contributed by atoms with van der Waals surface area (Å²) in [5.74, 6) is -1.54. The van der Waals surface area contributed by atoms with Crippen molar-refractivity contribution >= 4 is 57.2 Å². The number of ether oxygens (including phenoxy) is 1. The molecule has 0 aliphatic carbocycles. The van der Waals surface area contributed by atoms with E-state index in [1.807, 2.05) is 0 Å². The minimum atomic E-state index is -0.658. The Labute approximate surface area is 184 Å². The second-order valence-corrected chi connectivity index (χ2v) is 8.10. The summed E-state index contributed by atoms with van der Waals surface area (Å²) < 4.78 is 6.03. The van der Waals surface area contributed by atoms with Gasteiger partial charge in [0.05, 0.1) is 24.5 Å². The van der Waals surface area contributed by atoms with E-state index in [0.29, 0.717) is 21.2 Å². The number of esters is 1. The van der Waals surface area contributed by atoms with Crippen molar-refractivity contribution in [1.82, 2.24) is 9.78 Å². The molecule has 0 spiro atoms. The van der Waals surface area contributed by atoms with Gasteiger partial charge < -0.3 is 20.2 Å². The van der Waals surface area contributed by atoms with Crippen LogP contribution in [0.4, 0.5) is 10.8 Å². The average molecular weight is 469 g/mol. The molecule has 0 aliphatic rings. The number of methoxy groups -OCH3 is 1. The second-order valence-electron chi connectivity index (χ2n) is 6.03. The fourth-order valence-corrected chi connectivity index (χ4v) is 4.37. The van der Waals surface area contributed by atoms with Crippen LogP contribution in [0.3, 0.4) is 0 Å². The van der Waals surface area contributed by atoms with Gasteiger partial charge >= 0.3 is 11.8 Å². The van der Waals surface area contributed by atoms with Crippen LogP contribution in [-0.2, 0) is 16.1 Å². The first-order chi connectivity index (χ1) is 14.2. The molecule has 0 aliphatic heterocycles. The lowest BCUT2D eigenvalue weighted by molar-refractivity contribution is -0.389. The summed E-state index contributed by atoms with van der Waals surface area (Å²) in [5, 5.41) is 18.1. The number of aromatic nitrogens is 2. The molecule has 2 aromatic heterocycles. The molecule has 1 N–H and O–H groups in total. The number of halogens is 2. The van der Waals surface area contributed by atoms with Crippen molar-refractivity contribution in [2.75, 3.05) is 12.4 Å². The van der Waals surface area contributed by atoms with Gasteiger partial charge in [-0.15, -0.1) is 11.3 Å². The fourth-order valence-electron chi connectivity index (χ4n) is 2.80. The number of carbonyl (C=O) groups excluding carboxylic acids is 2. The molecule has 3 rings (SSSR count). The summed E-state index contributed by atoms with van der Waals surface area (Å²) in [7, 11) is 1.23. The quantitative estimate of drug-likeness (QED) is 0.321. The van der Waals surface area contributed by atoms with Crippen LogP contribution in [0.15, 0.2) is 30.5 Å². The van der Waals surface area contributed by atoms with Gasteiger partial charge in [0.1, 0.15) is 17.1 Å². The molecule has 1 amide bonds. The van der Waals surface area contributed by atoms with E-state index in [2.05, 4.69) is 10.4 Å². The highest BCUT2D eigenvalue weighted by Gasteiger charge is 2.26. The Bertz CT molecular complexity index is 1160. The Morgan fingerprint density at radius 1 is 1.33 bits per heavy atom. The second kappa shape index (κ2) is 8.82. The number of carbonyl (C=O) groups is 2. The van der Waals surface area contributed by atoms with Crippen LogP contribution in [0, 0.1) is 17.0 Å². The van der Waals surface area contributed by atoms with Gasteiger partial charge in [-0.1, -0.05) is 29.3 Å². The van der Waals surface area contributed by atoms with Gasteiger partial charge in [-0.3, -0.25) is 4.79 Å². The summed E-state index contributed by atoms with van der Waals surface area (Å²) in [6.45, 7) is 1.51. The third-order valence-electron chi connectivity index (χ3n) is 4.05. The summed E-state index contributed by atoms with van der Waals surface area (Å²) in [6, 6.07) is 6.06. The van der Waals surface area contributed by atoms with E-state index in [-0.39, 0.29) is 22.9 Å². The SMILES string of the molecule is COC(=O)c1c(NC(=O)Cn2ccc([N+](=O)[O-])n2)sc(C)c1-c1ccc(Cl)cc1Cl. The van der Waals surface area contributed by atoms with Gasteiger partial charge in [-0.2, -0.15) is 4.68 Å². The lowest BCUT2D eigenvalue weighted by Crippen LogP contribution is -2.20. The maximum atomic E-state index is 12.5. The van der Waals surface area contributed by atoms with E-state index in [1.165, 1.54) is 30.7 Å². The van der Waals surface area contributed by atoms with Crippen LogP contribution in [0.1, 0.15) is 15.2 Å². The molecular weight excluding hydrogens is 455 g/mol. The van der Waals surface area contributed by atoms with Gasteiger partial charge in [-0.05, 0) is 24.0 Å². The zero-order valence-corrected chi connectivity index (χ0v) is 18.0. The van der Waals surface area contributed by atoms with Crippen molar-refractivity contribution in [3.05, 3.63) is 61.1 Å². The maximum absolute atomic E-state index is 12.5. The maximum Gasteiger partial charge on any atom is 0.389 e. The van der Waals surface area contributed by atoms with Gasteiger partial charge in [0.2, 0.25) is 5.91 Å². The average Bonchev–Trinajstić information content (AvgIpc) is 3.26. The summed E-state index contributed by atoms with van der Waals surface area (Å²) in [6.07, 6.45) is 1.32. The monoisotopic (exact) mass is 468 g/mol. The molecule has 0 unspecified atom stereocenters. The summed E-state index contributed by atoms with van der Waals surface area (Å²) in [5.41, 5.74) is 1.25. The van der Waals surface area contributed by atoms with Gasteiger partial charge in [0.15, 0.2) is 0 Å². The molecule has 0 fully saturated rings. The molecule has 0 saturated carbocycles. The molecule has 3 aromatic rings. The van der Waals surface area contributed by atoms with Crippen LogP contribution < -0.4 is 5.32 Å². The van der Waals surface area contributed by atoms with Crippen LogP contribution in [0.25, 0.3) is 11.1 Å². The van der Waals surface area contributed by atoms with E-state index >= 15 is 0 Å². The molecule has 9 nitrogen and oxygen atoms in total. The van der Waals surface area contributed by atoms with Crippen molar-refractivity contribution in [3.63, 3.8) is 0 Å². The van der Waals surface area contributed by atoms with E-state index < -0.39 is 16.8 Å². The number of aryl methyl sites for hydroxylation is 1. The van der Waals surface area contributed by atoms with Crippen LogP contribution >= 0.6 is 34.5 Å². The minimum Gasteiger partial charge on any atom is -0.465 e. The smallest absolute Gasteiger partial charge is 0.389 e. The minimum absolute atomic E-state index is 0.156. The van der Waals surface area contributed by atoms with Crippen LogP contribution in [0.2, 0.25) is 10.0 Å². The number of hydrogen-bond acceptors (Lipinski definition) is 7.